The maximum absolute atomic E-state index is 3.69. The Morgan fingerprint density at radius 3 is 2.53 bits per heavy atom. The molecule has 0 amide bonds. The summed E-state index contributed by atoms with van der Waals surface area (Å²) in [5.74, 6) is 0. The zero-order valence-corrected chi connectivity index (χ0v) is 11.3. The molecular formula is C16H13Br. The summed E-state index contributed by atoms with van der Waals surface area (Å²) in [6, 6.07) is 15.0. The molecule has 2 aromatic carbocycles. The highest BCUT2D eigenvalue weighted by atomic mass is 79.9. The Morgan fingerprint density at radius 2 is 1.76 bits per heavy atom. The zero-order valence-electron chi connectivity index (χ0n) is 9.70. The van der Waals surface area contributed by atoms with E-state index in [4.69, 9.17) is 0 Å². The summed E-state index contributed by atoms with van der Waals surface area (Å²) in [5, 5.41) is 0. The van der Waals surface area contributed by atoms with Crippen LogP contribution in [0.15, 0.2) is 52.5 Å². The van der Waals surface area contributed by atoms with E-state index < -0.39 is 0 Å². The van der Waals surface area contributed by atoms with E-state index in [0.29, 0.717) is 0 Å². The van der Waals surface area contributed by atoms with Crippen molar-refractivity contribution in [2.75, 3.05) is 0 Å². The topological polar surface area (TPSA) is 0 Å². The second-order valence-corrected chi connectivity index (χ2v) is 5.41. The fourth-order valence-electron chi connectivity index (χ4n) is 2.37. The third-order valence-corrected chi connectivity index (χ3v) is 3.90. The summed E-state index contributed by atoms with van der Waals surface area (Å²) < 4.78 is 1.22. The highest BCUT2D eigenvalue weighted by Crippen LogP contribution is 2.35. The molecule has 0 heterocycles. The average molecular weight is 285 g/mol. The summed E-state index contributed by atoms with van der Waals surface area (Å²) >= 11 is 3.69. The van der Waals surface area contributed by atoms with Crippen molar-refractivity contribution in [3.8, 4) is 11.1 Å². The SMILES string of the molecule is CC1=Cc2cc(-c3ccccc3)cc(Br)c2C1. The van der Waals surface area contributed by atoms with Crippen molar-refractivity contribution in [3.63, 3.8) is 0 Å². The molecule has 17 heavy (non-hydrogen) atoms. The molecule has 0 bridgehead atoms. The Bertz CT molecular complexity index is 594. The maximum Gasteiger partial charge on any atom is 0.0222 e. The van der Waals surface area contributed by atoms with Crippen LogP contribution in [0.5, 0.6) is 0 Å². The Hall–Kier alpha value is -1.34. The van der Waals surface area contributed by atoms with Gasteiger partial charge in [-0.3, -0.25) is 0 Å². The van der Waals surface area contributed by atoms with Crippen LogP contribution in [0.2, 0.25) is 0 Å². The van der Waals surface area contributed by atoms with Gasteiger partial charge in [0.25, 0.3) is 0 Å². The molecule has 0 aliphatic heterocycles. The van der Waals surface area contributed by atoms with Crippen molar-refractivity contribution in [3.05, 3.63) is 63.6 Å². The van der Waals surface area contributed by atoms with Crippen molar-refractivity contribution >= 4 is 22.0 Å². The van der Waals surface area contributed by atoms with Crippen LogP contribution in [0, 0.1) is 0 Å². The Kier molecular flexibility index (Phi) is 2.64. The fraction of sp³-hybridized carbons (Fsp3) is 0.125. The summed E-state index contributed by atoms with van der Waals surface area (Å²) in [7, 11) is 0. The van der Waals surface area contributed by atoms with E-state index in [1.165, 1.54) is 32.3 Å². The molecule has 0 nitrogen and oxygen atoms in total. The molecule has 0 N–H and O–H groups in total. The Morgan fingerprint density at radius 1 is 1.00 bits per heavy atom. The van der Waals surface area contributed by atoms with Gasteiger partial charge in [-0.25, -0.2) is 0 Å². The van der Waals surface area contributed by atoms with E-state index in [1.807, 2.05) is 0 Å². The van der Waals surface area contributed by atoms with Gasteiger partial charge in [-0.2, -0.15) is 0 Å². The lowest BCUT2D eigenvalue weighted by molar-refractivity contribution is 1.18. The van der Waals surface area contributed by atoms with E-state index in [-0.39, 0.29) is 0 Å². The van der Waals surface area contributed by atoms with Crippen molar-refractivity contribution in [2.24, 2.45) is 0 Å². The minimum absolute atomic E-state index is 1.07. The molecule has 0 spiro atoms. The van der Waals surface area contributed by atoms with Crippen LogP contribution in [-0.2, 0) is 6.42 Å². The first kappa shape index (κ1) is 10.8. The normalized spacial score (nSPS) is 13.4. The molecule has 1 heteroatoms. The number of hydrogen-bond donors (Lipinski definition) is 0. The average Bonchev–Trinajstić information content (AvgIpc) is 2.71. The zero-order chi connectivity index (χ0) is 11.8. The number of rotatable bonds is 1. The first-order valence-electron chi connectivity index (χ1n) is 5.79. The minimum Gasteiger partial charge on any atom is -0.0683 e. The quantitative estimate of drug-likeness (QED) is 0.685. The molecular weight excluding hydrogens is 272 g/mol. The molecule has 0 radical (unpaired) electrons. The van der Waals surface area contributed by atoms with Crippen molar-refractivity contribution in [1.82, 2.24) is 0 Å². The fourth-order valence-corrected chi connectivity index (χ4v) is 2.98. The van der Waals surface area contributed by atoms with Gasteiger partial charge in [-0.05, 0) is 47.7 Å². The molecule has 0 fully saturated rings. The van der Waals surface area contributed by atoms with Gasteiger partial charge in [0.2, 0.25) is 0 Å². The van der Waals surface area contributed by atoms with E-state index in [0.717, 1.165) is 6.42 Å². The monoisotopic (exact) mass is 284 g/mol. The lowest BCUT2D eigenvalue weighted by Crippen LogP contribution is -1.87. The number of halogens is 1. The van der Waals surface area contributed by atoms with Crippen LogP contribution in [-0.4, -0.2) is 0 Å². The smallest absolute Gasteiger partial charge is 0.0222 e. The summed E-state index contributed by atoms with van der Waals surface area (Å²) in [5.41, 5.74) is 6.76. The van der Waals surface area contributed by atoms with Gasteiger partial charge in [0.15, 0.2) is 0 Å². The Labute approximate surface area is 110 Å². The minimum atomic E-state index is 1.07. The number of hydrogen-bond acceptors (Lipinski definition) is 0. The predicted molar refractivity (Wildman–Crippen MR) is 76.9 cm³/mol. The molecule has 0 atom stereocenters. The molecule has 0 saturated heterocycles. The molecule has 0 aromatic heterocycles. The number of allylic oxidation sites excluding steroid dienone is 1. The van der Waals surface area contributed by atoms with Gasteiger partial charge >= 0.3 is 0 Å². The van der Waals surface area contributed by atoms with Gasteiger partial charge in [-0.1, -0.05) is 57.9 Å². The lowest BCUT2D eigenvalue weighted by Gasteiger charge is -2.07. The van der Waals surface area contributed by atoms with Gasteiger partial charge in [0, 0.05) is 4.47 Å². The molecule has 0 saturated carbocycles. The highest BCUT2D eigenvalue weighted by Gasteiger charge is 2.14. The standard InChI is InChI=1S/C16H13Br/c1-11-7-14-9-13(10-16(17)15(14)8-11)12-5-3-2-4-6-12/h2-7,9-10H,8H2,1H3. The van der Waals surface area contributed by atoms with Crippen molar-refractivity contribution in [1.29, 1.82) is 0 Å². The third-order valence-electron chi connectivity index (χ3n) is 3.19. The van der Waals surface area contributed by atoms with Crippen LogP contribution < -0.4 is 0 Å². The van der Waals surface area contributed by atoms with Gasteiger partial charge < -0.3 is 0 Å². The van der Waals surface area contributed by atoms with Crippen LogP contribution in [0.4, 0.5) is 0 Å². The highest BCUT2D eigenvalue weighted by molar-refractivity contribution is 9.10. The number of fused-ring (bicyclic) bond motifs is 1. The molecule has 3 rings (SSSR count). The maximum atomic E-state index is 3.69. The van der Waals surface area contributed by atoms with Gasteiger partial charge in [0.1, 0.15) is 0 Å². The molecule has 1 aliphatic carbocycles. The van der Waals surface area contributed by atoms with Crippen LogP contribution >= 0.6 is 15.9 Å². The first-order chi connectivity index (χ1) is 8.24. The summed E-state index contributed by atoms with van der Waals surface area (Å²) in [6.45, 7) is 2.19. The molecule has 2 aromatic rings. The summed E-state index contributed by atoms with van der Waals surface area (Å²) in [6.07, 6.45) is 3.36. The van der Waals surface area contributed by atoms with E-state index in [1.54, 1.807) is 0 Å². The Balaban J connectivity index is 2.15. The van der Waals surface area contributed by atoms with Crippen LogP contribution in [0.1, 0.15) is 18.1 Å². The number of benzene rings is 2. The molecule has 1 aliphatic rings. The largest absolute Gasteiger partial charge is 0.0683 e. The second kappa shape index (κ2) is 4.15. The summed E-state index contributed by atoms with van der Waals surface area (Å²) in [4.78, 5) is 0. The third kappa shape index (κ3) is 1.96. The first-order valence-corrected chi connectivity index (χ1v) is 6.58. The van der Waals surface area contributed by atoms with Gasteiger partial charge in [0.05, 0.1) is 0 Å². The van der Waals surface area contributed by atoms with E-state index in [2.05, 4.69) is 71.4 Å². The van der Waals surface area contributed by atoms with Gasteiger partial charge in [-0.15, -0.1) is 0 Å². The predicted octanol–water partition coefficient (Wildman–Crippen LogP) is 5.08. The lowest BCUT2D eigenvalue weighted by atomic mass is 10.0. The van der Waals surface area contributed by atoms with Crippen LogP contribution in [0.3, 0.4) is 0 Å². The molecule has 84 valence electrons. The van der Waals surface area contributed by atoms with Crippen molar-refractivity contribution < 1.29 is 0 Å². The molecule has 0 unspecified atom stereocenters. The van der Waals surface area contributed by atoms with Crippen molar-refractivity contribution in [2.45, 2.75) is 13.3 Å². The van der Waals surface area contributed by atoms with E-state index >= 15 is 0 Å². The van der Waals surface area contributed by atoms with Crippen LogP contribution in [0.25, 0.3) is 17.2 Å². The second-order valence-electron chi connectivity index (χ2n) is 4.56. The van der Waals surface area contributed by atoms with E-state index in [9.17, 15) is 0 Å².